The Morgan fingerprint density at radius 1 is 1.04 bits per heavy atom. The first-order chi connectivity index (χ1) is 12.0. The van der Waals surface area contributed by atoms with E-state index in [1.807, 2.05) is 0 Å². The van der Waals surface area contributed by atoms with Crippen LogP contribution in [0, 0.1) is 0 Å². The van der Waals surface area contributed by atoms with Crippen molar-refractivity contribution in [3.8, 4) is 0 Å². The van der Waals surface area contributed by atoms with Crippen LogP contribution in [-0.4, -0.2) is 63.7 Å². The normalized spacial score (nSPS) is 29.6. The van der Waals surface area contributed by atoms with Crippen molar-refractivity contribution in [3.05, 3.63) is 0 Å². The van der Waals surface area contributed by atoms with Crippen LogP contribution in [-0.2, 0) is 14.3 Å². The molecule has 25 heavy (non-hydrogen) atoms. The first kappa shape index (κ1) is 22.3. The smallest absolute Gasteiger partial charge is 0.308 e. The minimum absolute atomic E-state index is 0.159. The lowest BCUT2D eigenvalue weighted by Crippen LogP contribution is -2.64. The Labute approximate surface area is 150 Å². The molecule has 1 rings (SSSR count). The minimum atomic E-state index is -2.00. The molecule has 1 aliphatic rings. The van der Waals surface area contributed by atoms with Gasteiger partial charge in [-0.15, -0.1) is 0 Å². The van der Waals surface area contributed by atoms with E-state index in [2.05, 4.69) is 6.92 Å². The summed E-state index contributed by atoms with van der Waals surface area (Å²) in [7, 11) is 0. The number of ether oxygens (including phenoxy) is 2. The molecule has 0 aromatic carbocycles. The van der Waals surface area contributed by atoms with Gasteiger partial charge in [0.25, 0.3) is 5.79 Å². The van der Waals surface area contributed by atoms with E-state index in [4.69, 9.17) is 9.47 Å². The van der Waals surface area contributed by atoms with Crippen molar-refractivity contribution in [1.29, 1.82) is 0 Å². The zero-order chi connectivity index (χ0) is 18.7. The van der Waals surface area contributed by atoms with Crippen molar-refractivity contribution >= 4 is 5.97 Å². The standard InChI is InChI=1S/C18H34O7/c1-2-3-4-5-6-7-8-9-10-11-15(21)25-18(13-19)17(23)16(22)14(20)12-24-18/h14,16-17,19-20,22-23H,2-13H2,1H3/t14-,16+,17-,18?/m1/s1. The van der Waals surface area contributed by atoms with E-state index < -0.39 is 36.7 Å². The van der Waals surface area contributed by atoms with Crippen LogP contribution in [0.25, 0.3) is 0 Å². The first-order valence-electron chi connectivity index (χ1n) is 9.47. The van der Waals surface area contributed by atoms with Crippen molar-refractivity contribution in [2.45, 2.75) is 95.2 Å². The van der Waals surface area contributed by atoms with E-state index in [9.17, 15) is 25.2 Å². The summed E-state index contributed by atoms with van der Waals surface area (Å²) < 4.78 is 10.2. The number of aliphatic hydroxyl groups is 4. The lowest BCUT2D eigenvalue weighted by Gasteiger charge is -2.43. The van der Waals surface area contributed by atoms with Crippen molar-refractivity contribution in [2.75, 3.05) is 13.2 Å². The number of hydrogen-bond acceptors (Lipinski definition) is 7. The Balaban J connectivity index is 2.22. The van der Waals surface area contributed by atoms with E-state index in [0.717, 1.165) is 19.3 Å². The molecule has 0 bridgehead atoms. The Morgan fingerprint density at radius 3 is 2.16 bits per heavy atom. The molecule has 0 radical (unpaired) electrons. The second kappa shape index (κ2) is 11.8. The Morgan fingerprint density at radius 2 is 1.60 bits per heavy atom. The third-order valence-electron chi connectivity index (χ3n) is 4.66. The van der Waals surface area contributed by atoms with Gasteiger partial charge in [0.05, 0.1) is 6.61 Å². The zero-order valence-electron chi connectivity index (χ0n) is 15.2. The molecule has 0 saturated carbocycles. The van der Waals surface area contributed by atoms with Crippen LogP contribution >= 0.6 is 0 Å². The fourth-order valence-corrected chi connectivity index (χ4v) is 2.97. The fourth-order valence-electron chi connectivity index (χ4n) is 2.97. The van der Waals surface area contributed by atoms with Crippen LogP contribution in [0.1, 0.15) is 71.1 Å². The monoisotopic (exact) mass is 362 g/mol. The molecule has 0 aliphatic carbocycles. The molecule has 4 N–H and O–H groups in total. The second-order valence-electron chi connectivity index (χ2n) is 6.84. The molecule has 148 valence electrons. The highest BCUT2D eigenvalue weighted by molar-refractivity contribution is 5.69. The molecule has 1 saturated heterocycles. The van der Waals surface area contributed by atoms with Crippen LogP contribution in [0.2, 0.25) is 0 Å². The van der Waals surface area contributed by atoms with Crippen LogP contribution in [0.4, 0.5) is 0 Å². The van der Waals surface area contributed by atoms with E-state index in [-0.39, 0.29) is 13.0 Å². The summed E-state index contributed by atoms with van der Waals surface area (Å²) in [6, 6.07) is 0. The maximum absolute atomic E-state index is 11.9. The summed E-state index contributed by atoms with van der Waals surface area (Å²) in [6.45, 7) is 1.08. The molecule has 1 aliphatic heterocycles. The summed E-state index contributed by atoms with van der Waals surface area (Å²) in [5.74, 6) is -2.60. The second-order valence-corrected chi connectivity index (χ2v) is 6.84. The van der Waals surface area contributed by atoms with E-state index in [1.165, 1.54) is 32.1 Å². The highest BCUT2D eigenvalue weighted by Gasteiger charge is 2.52. The Kier molecular flexibility index (Phi) is 10.5. The average molecular weight is 362 g/mol. The molecular formula is C18H34O7. The highest BCUT2D eigenvalue weighted by Crippen LogP contribution is 2.28. The third kappa shape index (κ3) is 7.19. The summed E-state index contributed by atoms with van der Waals surface area (Å²) in [4.78, 5) is 11.9. The van der Waals surface area contributed by atoms with Crippen molar-refractivity contribution in [1.82, 2.24) is 0 Å². The molecule has 1 heterocycles. The quantitative estimate of drug-likeness (QED) is 0.305. The molecule has 0 aromatic heterocycles. The number of carbonyl (C=O) groups is 1. The SMILES string of the molecule is CCCCCCCCCCCC(=O)OC1(CO)OC[C@@H](O)[C@H](O)[C@H]1O. The molecule has 7 heteroatoms. The predicted molar refractivity (Wildman–Crippen MR) is 91.7 cm³/mol. The van der Waals surface area contributed by atoms with E-state index >= 15 is 0 Å². The fraction of sp³-hybridized carbons (Fsp3) is 0.944. The van der Waals surface area contributed by atoms with Gasteiger partial charge in [-0.25, -0.2) is 0 Å². The minimum Gasteiger partial charge on any atom is -0.427 e. The summed E-state index contributed by atoms with van der Waals surface area (Å²) in [5, 5.41) is 38.5. The first-order valence-corrected chi connectivity index (χ1v) is 9.47. The summed E-state index contributed by atoms with van der Waals surface area (Å²) in [5.41, 5.74) is 0. The summed E-state index contributed by atoms with van der Waals surface area (Å²) >= 11 is 0. The number of carbonyl (C=O) groups excluding carboxylic acids is 1. The van der Waals surface area contributed by atoms with E-state index in [0.29, 0.717) is 6.42 Å². The molecule has 1 unspecified atom stereocenters. The van der Waals surface area contributed by atoms with Gasteiger partial charge in [-0.3, -0.25) is 4.79 Å². The summed E-state index contributed by atoms with van der Waals surface area (Å²) in [6.07, 6.45) is 5.73. The number of esters is 1. The van der Waals surface area contributed by atoms with Crippen LogP contribution in [0.5, 0.6) is 0 Å². The van der Waals surface area contributed by atoms with Crippen molar-refractivity contribution in [2.24, 2.45) is 0 Å². The molecule has 7 nitrogen and oxygen atoms in total. The molecule has 0 spiro atoms. The van der Waals surface area contributed by atoms with Crippen LogP contribution in [0.15, 0.2) is 0 Å². The average Bonchev–Trinajstić information content (AvgIpc) is 2.61. The van der Waals surface area contributed by atoms with Gasteiger partial charge in [0, 0.05) is 6.42 Å². The van der Waals surface area contributed by atoms with Gasteiger partial charge < -0.3 is 29.9 Å². The largest absolute Gasteiger partial charge is 0.427 e. The molecule has 0 amide bonds. The third-order valence-corrected chi connectivity index (χ3v) is 4.66. The maximum atomic E-state index is 11.9. The molecule has 0 aromatic rings. The highest BCUT2D eigenvalue weighted by atomic mass is 16.7. The number of unbranched alkanes of at least 4 members (excludes halogenated alkanes) is 8. The number of aliphatic hydroxyl groups excluding tert-OH is 4. The van der Waals surface area contributed by atoms with Crippen LogP contribution in [0.3, 0.4) is 0 Å². The van der Waals surface area contributed by atoms with Crippen LogP contribution < -0.4 is 0 Å². The van der Waals surface area contributed by atoms with Gasteiger partial charge in [0.1, 0.15) is 18.8 Å². The van der Waals surface area contributed by atoms with E-state index in [1.54, 1.807) is 0 Å². The van der Waals surface area contributed by atoms with Crippen molar-refractivity contribution in [3.63, 3.8) is 0 Å². The van der Waals surface area contributed by atoms with Gasteiger partial charge in [-0.2, -0.15) is 0 Å². The molecule has 4 atom stereocenters. The maximum Gasteiger partial charge on any atom is 0.308 e. The van der Waals surface area contributed by atoms with Gasteiger partial charge in [0.2, 0.25) is 0 Å². The Hall–Kier alpha value is -0.730. The topological polar surface area (TPSA) is 116 Å². The van der Waals surface area contributed by atoms with Gasteiger partial charge >= 0.3 is 5.97 Å². The number of rotatable bonds is 12. The Bertz CT molecular complexity index is 376. The lowest BCUT2D eigenvalue weighted by molar-refractivity contribution is -0.335. The van der Waals surface area contributed by atoms with Gasteiger partial charge in [-0.05, 0) is 6.42 Å². The molecule has 1 fully saturated rings. The van der Waals surface area contributed by atoms with Gasteiger partial charge in [0.15, 0.2) is 6.10 Å². The van der Waals surface area contributed by atoms with Crippen molar-refractivity contribution < 1.29 is 34.7 Å². The predicted octanol–water partition coefficient (Wildman–Crippen LogP) is 1.25. The number of hydrogen-bond donors (Lipinski definition) is 4. The van der Waals surface area contributed by atoms with Gasteiger partial charge in [-0.1, -0.05) is 58.3 Å². The lowest BCUT2D eigenvalue weighted by atomic mass is 9.97. The molecular weight excluding hydrogens is 328 g/mol. The zero-order valence-corrected chi connectivity index (χ0v) is 15.2.